The second-order valence-corrected chi connectivity index (χ2v) is 10.5. The van der Waals surface area contributed by atoms with Gasteiger partial charge in [-0.3, -0.25) is 9.29 Å². The number of phenols is 1. The lowest BCUT2D eigenvalue weighted by molar-refractivity contribution is 0.198. The molecule has 0 saturated carbocycles. The Bertz CT molecular complexity index is 1340. The molecule has 4 nitrogen and oxygen atoms in total. The number of rotatable bonds is 9. The summed E-state index contributed by atoms with van der Waals surface area (Å²) in [5.74, 6) is 0.829. The zero-order valence-corrected chi connectivity index (χ0v) is 22.9. The molecule has 0 bridgehead atoms. The number of allylic oxidation sites excluding steroid dienone is 1. The molecule has 1 aliphatic carbocycles. The summed E-state index contributed by atoms with van der Waals surface area (Å²) < 4.78 is 40.0. The molecule has 206 valence electrons. The maximum atomic E-state index is 15.7. The highest BCUT2D eigenvalue weighted by Gasteiger charge is 2.26. The third-order valence-corrected chi connectivity index (χ3v) is 7.84. The van der Waals surface area contributed by atoms with Crippen LogP contribution >= 0.6 is 11.6 Å². The van der Waals surface area contributed by atoms with Crippen molar-refractivity contribution in [1.29, 1.82) is 0 Å². The number of hydrogen-bond acceptors (Lipinski definition) is 4. The van der Waals surface area contributed by atoms with E-state index in [1.165, 1.54) is 0 Å². The van der Waals surface area contributed by atoms with Crippen molar-refractivity contribution in [2.75, 3.05) is 32.9 Å². The molecular weight excluding hydrogens is 520 g/mol. The van der Waals surface area contributed by atoms with Gasteiger partial charge in [-0.2, -0.15) is 0 Å². The topological polar surface area (TPSA) is 41.9 Å². The molecule has 1 N–H and O–H groups in total. The monoisotopic (exact) mass is 553 g/mol. The SMILES string of the molecule is CCOc1ccc(C2=C(c3ccc(O[C@H]4CCN(CCCF)C4)cc3)c3ccc(O)cc3CCC2)c(F)c1Cl. The van der Waals surface area contributed by atoms with E-state index in [0.717, 1.165) is 72.5 Å². The summed E-state index contributed by atoms with van der Waals surface area (Å²) in [6.07, 6.45) is 3.77. The van der Waals surface area contributed by atoms with Gasteiger partial charge in [0.1, 0.15) is 28.4 Å². The van der Waals surface area contributed by atoms with Crippen LogP contribution in [-0.4, -0.2) is 49.0 Å². The van der Waals surface area contributed by atoms with Crippen LogP contribution in [0.25, 0.3) is 11.1 Å². The van der Waals surface area contributed by atoms with Crippen molar-refractivity contribution in [1.82, 2.24) is 4.90 Å². The Morgan fingerprint density at radius 3 is 2.62 bits per heavy atom. The number of aromatic hydroxyl groups is 1. The fourth-order valence-corrected chi connectivity index (χ4v) is 5.90. The van der Waals surface area contributed by atoms with E-state index in [9.17, 15) is 9.50 Å². The van der Waals surface area contributed by atoms with E-state index in [1.54, 1.807) is 24.3 Å². The zero-order chi connectivity index (χ0) is 27.4. The average molecular weight is 554 g/mol. The Morgan fingerprint density at radius 2 is 1.85 bits per heavy atom. The molecule has 1 atom stereocenters. The van der Waals surface area contributed by atoms with Crippen molar-refractivity contribution in [2.45, 2.75) is 45.1 Å². The summed E-state index contributed by atoms with van der Waals surface area (Å²) >= 11 is 6.40. The molecule has 2 aliphatic rings. The van der Waals surface area contributed by atoms with Crippen LogP contribution < -0.4 is 9.47 Å². The van der Waals surface area contributed by atoms with Gasteiger partial charge in [-0.25, -0.2) is 4.39 Å². The molecule has 0 radical (unpaired) electrons. The van der Waals surface area contributed by atoms with Gasteiger partial charge >= 0.3 is 0 Å². The molecule has 7 heteroatoms. The van der Waals surface area contributed by atoms with E-state index in [-0.39, 0.29) is 23.6 Å². The number of nitrogens with zero attached hydrogens (tertiary/aromatic N) is 1. The van der Waals surface area contributed by atoms with Gasteiger partial charge in [0.05, 0.1) is 13.3 Å². The minimum Gasteiger partial charge on any atom is -0.508 e. The highest BCUT2D eigenvalue weighted by Crippen LogP contribution is 2.43. The van der Waals surface area contributed by atoms with Gasteiger partial charge in [-0.15, -0.1) is 0 Å². The number of halogens is 3. The zero-order valence-electron chi connectivity index (χ0n) is 22.2. The number of phenolic OH excluding ortho intramolecular Hbond substituents is 1. The number of benzene rings is 3. The summed E-state index contributed by atoms with van der Waals surface area (Å²) in [6, 6.07) is 16.8. The number of aryl methyl sites for hydroxylation is 1. The molecule has 3 aromatic carbocycles. The fourth-order valence-electron chi connectivity index (χ4n) is 5.68. The number of likely N-dealkylation sites (tertiary alicyclic amines) is 1. The first-order valence-corrected chi connectivity index (χ1v) is 14.1. The van der Waals surface area contributed by atoms with Crippen LogP contribution in [0.3, 0.4) is 0 Å². The third kappa shape index (κ3) is 6.07. The van der Waals surface area contributed by atoms with Crippen molar-refractivity contribution in [3.8, 4) is 17.2 Å². The normalized spacial score (nSPS) is 17.7. The maximum Gasteiger partial charge on any atom is 0.153 e. The lowest BCUT2D eigenvalue weighted by Gasteiger charge is -2.19. The molecule has 1 saturated heterocycles. The van der Waals surface area contributed by atoms with Crippen molar-refractivity contribution in [2.24, 2.45) is 0 Å². The molecule has 0 aromatic heterocycles. The third-order valence-electron chi connectivity index (χ3n) is 7.49. The average Bonchev–Trinajstić information content (AvgIpc) is 3.30. The quantitative estimate of drug-likeness (QED) is 0.295. The molecule has 0 spiro atoms. The van der Waals surface area contributed by atoms with E-state index in [0.29, 0.717) is 30.8 Å². The van der Waals surface area contributed by atoms with Crippen LogP contribution in [0.15, 0.2) is 54.6 Å². The maximum absolute atomic E-state index is 15.7. The smallest absolute Gasteiger partial charge is 0.153 e. The minimum atomic E-state index is -0.490. The summed E-state index contributed by atoms with van der Waals surface area (Å²) in [7, 11) is 0. The van der Waals surface area contributed by atoms with Crippen LogP contribution in [0, 0.1) is 5.82 Å². The molecule has 3 aromatic rings. The molecule has 1 aliphatic heterocycles. The molecular formula is C32H34ClF2NO3. The number of alkyl halides is 1. The molecule has 5 rings (SSSR count). The standard InChI is InChI=1S/C32H34ClF2NO3/c1-2-38-29-14-13-28(32(35)31(29)33)27-6-3-5-22-19-23(37)9-12-26(22)30(27)21-7-10-24(11-8-21)39-25-15-18-36(20-25)17-4-16-34/h7-14,19,25,37H,2-6,15-18,20H2,1H3/t25-/m0/s1. The minimum absolute atomic E-state index is 0.0164. The van der Waals surface area contributed by atoms with Gasteiger partial charge in [0, 0.05) is 25.2 Å². The molecule has 0 amide bonds. The Morgan fingerprint density at radius 1 is 1.05 bits per heavy atom. The molecule has 0 unspecified atom stereocenters. The Balaban J connectivity index is 1.51. The lowest BCUT2D eigenvalue weighted by Crippen LogP contribution is -2.26. The van der Waals surface area contributed by atoms with Crippen molar-refractivity contribution < 1.29 is 23.4 Å². The van der Waals surface area contributed by atoms with Gasteiger partial charge in [0.2, 0.25) is 0 Å². The predicted molar refractivity (Wildman–Crippen MR) is 152 cm³/mol. The van der Waals surface area contributed by atoms with E-state index < -0.39 is 5.82 Å². The van der Waals surface area contributed by atoms with Crippen molar-refractivity contribution >= 4 is 22.7 Å². The highest BCUT2D eigenvalue weighted by atomic mass is 35.5. The largest absolute Gasteiger partial charge is 0.508 e. The van der Waals surface area contributed by atoms with Crippen molar-refractivity contribution in [3.05, 3.63) is 87.7 Å². The molecule has 1 heterocycles. The Hall–Kier alpha value is -3.09. The van der Waals surface area contributed by atoms with Gasteiger partial charge in [0.15, 0.2) is 5.82 Å². The van der Waals surface area contributed by atoms with E-state index in [4.69, 9.17) is 21.1 Å². The molecule has 39 heavy (non-hydrogen) atoms. The first kappa shape index (κ1) is 27.5. The van der Waals surface area contributed by atoms with E-state index in [2.05, 4.69) is 4.90 Å². The first-order chi connectivity index (χ1) is 19.0. The molecule has 1 fully saturated rings. The highest BCUT2D eigenvalue weighted by molar-refractivity contribution is 6.32. The number of ether oxygens (including phenoxy) is 2. The van der Waals surface area contributed by atoms with Gasteiger partial charge in [-0.1, -0.05) is 29.8 Å². The summed E-state index contributed by atoms with van der Waals surface area (Å²) in [6.45, 7) is 4.41. The second-order valence-electron chi connectivity index (χ2n) is 10.1. The van der Waals surface area contributed by atoms with E-state index in [1.807, 2.05) is 37.3 Å². The summed E-state index contributed by atoms with van der Waals surface area (Å²) in [5.41, 5.74) is 5.18. The Labute approximate surface area is 233 Å². The fraction of sp³-hybridized carbons (Fsp3) is 0.375. The summed E-state index contributed by atoms with van der Waals surface area (Å²) in [5, 5.41) is 10.2. The second kappa shape index (κ2) is 12.4. The first-order valence-electron chi connectivity index (χ1n) is 13.7. The van der Waals surface area contributed by atoms with Crippen molar-refractivity contribution in [3.63, 3.8) is 0 Å². The van der Waals surface area contributed by atoms with Gasteiger partial charge < -0.3 is 14.6 Å². The van der Waals surface area contributed by atoms with Gasteiger partial charge in [0.25, 0.3) is 0 Å². The Kier molecular flexibility index (Phi) is 8.73. The summed E-state index contributed by atoms with van der Waals surface area (Å²) in [4.78, 5) is 2.24. The number of hydrogen-bond donors (Lipinski definition) is 1. The van der Waals surface area contributed by atoms with Crippen LogP contribution in [0.1, 0.15) is 54.9 Å². The van der Waals surface area contributed by atoms with Gasteiger partial charge in [-0.05, 0) is 103 Å². The van der Waals surface area contributed by atoms with Crippen LogP contribution in [0.5, 0.6) is 17.2 Å². The lowest BCUT2D eigenvalue weighted by atomic mass is 9.87. The van der Waals surface area contributed by atoms with Crippen LogP contribution in [-0.2, 0) is 6.42 Å². The van der Waals surface area contributed by atoms with Crippen LogP contribution in [0.2, 0.25) is 5.02 Å². The van der Waals surface area contributed by atoms with E-state index >= 15 is 4.39 Å². The number of fused-ring (bicyclic) bond motifs is 1. The van der Waals surface area contributed by atoms with Crippen LogP contribution in [0.4, 0.5) is 8.78 Å². The predicted octanol–water partition coefficient (Wildman–Crippen LogP) is 7.69.